The average Bonchev–Trinajstić information content (AvgIpc) is 3.21. The molecule has 5 nitrogen and oxygen atoms in total. The van der Waals surface area contributed by atoms with Gasteiger partial charge in [-0.1, -0.05) is 13.0 Å². The number of amides is 1. The highest BCUT2D eigenvalue weighted by atomic mass is 16.5. The summed E-state index contributed by atoms with van der Waals surface area (Å²) in [5.41, 5.74) is 1.58. The molecule has 20 heavy (non-hydrogen) atoms. The van der Waals surface area contributed by atoms with Crippen LogP contribution in [-0.4, -0.2) is 12.7 Å². The van der Waals surface area contributed by atoms with Gasteiger partial charge in [0.25, 0.3) is 6.26 Å². The van der Waals surface area contributed by atoms with Gasteiger partial charge in [0.15, 0.2) is 0 Å². The molecule has 0 heterocycles. The van der Waals surface area contributed by atoms with E-state index in [2.05, 4.69) is 12.2 Å². The average molecular weight is 274 g/mol. The molecular weight excluding hydrogens is 256 g/mol. The minimum atomic E-state index is -0.475. The van der Waals surface area contributed by atoms with Gasteiger partial charge in [-0.15, -0.1) is 5.26 Å². The first-order valence-electron chi connectivity index (χ1n) is 6.69. The number of nitriles is 1. The fraction of sp³-hybridized carbons (Fsp3) is 0.467. The molecule has 1 aliphatic carbocycles. The summed E-state index contributed by atoms with van der Waals surface area (Å²) in [4.78, 5) is 11.7. The summed E-state index contributed by atoms with van der Waals surface area (Å²) in [7, 11) is 0. The minimum absolute atomic E-state index is 0.208. The van der Waals surface area contributed by atoms with E-state index in [0.717, 1.165) is 24.8 Å². The Labute approximate surface area is 118 Å². The van der Waals surface area contributed by atoms with E-state index in [1.54, 1.807) is 24.5 Å². The summed E-state index contributed by atoms with van der Waals surface area (Å²) in [6, 6.07) is 5.12. The maximum Gasteiger partial charge on any atom is 0.411 e. The lowest BCUT2D eigenvalue weighted by molar-refractivity contribution is 0.133. The molecule has 0 bridgehead atoms. The number of anilines is 1. The number of nitrogens with one attached hydrogen (secondary N) is 1. The van der Waals surface area contributed by atoms with Gasteiger partial charge in [0.2, 0.25) is 0 Å². The lowest BCUT2D eigenvalue weighted by Crippen LogP contribution is -2.19. The zero-order chi connectivity index (χ0) is 14.6. The highest BCUT2D eigenvalue weighted by Crippen LogP contribution is 2.48. The molecule has 5 heteroatoms. The molecule has 1 N–H and O–H groups in total. The van der Waals surface area contributed by atoms with Crippen molar-refractivity contribution in [2.24, 2.45) is 5.41 Å². The summed E-state index contributed by atoms with van der Waals surface area (Å²) in [5.74, 6) is 0.428. The minimum Gasteiger partial charge on any atom is -0.449 e. The van der Waals surface area contributed by atoms with Crippen LogP contribution in [0.2, 0.25) is 0 Å². The first kappa shape index (κ1) is 14.2. The van der Waals surface area contributed by atoms with Gasteiger partial charge < -0.3 is 9.47 Å². The molecule has 1 aliphatic rings. The summed E-state index contributed by atoms with van der Waals surface area (Å²) in [6.45, 7) is 4.40. The highest BCUT2D eigenvalue weighted by Gasteiger charge is 2.41. The van der Waals surface area contributed by atoms with E-state index in [1.165, 1.54) is 0 Å². The van der Waals surface area contributed by atoms with Crippen LogP contribution < -0.4 is 10.1 Å². The van der Waals surface area contributed by atoms with Gasteiger partial charge in [-0.2, -0.15) is 0 Å². The lowest BCUT2D eigenvalue weighted by Gasteiger charge is -2.13. The molecule has 1 saturated carbocycles. The monoisotopic (exact) mass is 274 g/mol. The second-order valence-electron chi connectivity index (χ2n) is 5.23. The molecule has 1 fully saturated rings. The maximum atomic E-state index is 11.7. The van der Waals surface area contributed by atoms with E-state index in [-0.39, 0.29) is 5.41 Å². The zero-order valence-corrected chi connectivity index (χ0v) is 11.7. The third-order valence-electron chi connectivity index (χ3n) is 3.81. The number of carbonyl (C=O) groups is 1. The first-order chi connectivity index (χ1) is 9.58. The molecule has 106 valence electrons. The van der Waals surface area contributed by atoms with Crippen molar-refractivity contribution in [3.8, 4) is 12.0 Å². The lowest BCUT2D eigenvalue weighted by atomic mass is 10.1. The first-order valence-corrected chi connectivity index (χ1v) is 6.69. The van der Waals surface area contributed by atoms with Crippen molar-refractivity contribution >= 4 is 11.8 Å². The molecule has 0 saturated heterocycles. The number of ether oxygens (including phenoxy) is 2. The third-order valence-corrected chi connectivity index (χ3v) is 3.81. The number of benzene rings is 1. The van der Waals surface area contributed by atoms with E-state index in [9.17, 15) is 4.79 Å². The van der Waals surface area contributed by atoms with Gasteiger partial charge in [0, 0.05) is 17.2 Å². The predicted octanol–water partition coefficient (Wildman–Crippen LogP) is 3.59. The second kappa shape index (κ2) is 5.83. The van der Waals surface area contributed by atoms with Gasteiger partial charge in [-0.3, -0.25) is 5.32 Å². The normalized spacial score (nSPS) is 15.1. The Kier molecular flexibility index (Phi) is 4.14. The number of nitrogens with zero attached hydrogens (tertiary/aromatic N) is 1. The van der Waals surface area contributed by atoms with Crippen molar-refractivity contribution < 1.29 is 14.3 Å². The standard InChI is InChI=1S/C15H18N2O3/c1-3-15(6-7-15)9-19-14(18)17-12-5-4-11(2)13(8-12)20-10-16/h4-5,8H,3,6-7,9H2,1-2H3,(H,17,18). The summed E-state index contributed by atoms with van der Waals surface area (Å²) >= 11 is 0. The van der Waals surface area contributed by atoms with E-state index in [0.29, 0.717) is 18.0 Å². The Hall–Kier alpha value is -2.22. The van der Waals surface area contributed by atoms with Gasteiger partial charge in [-0.05, 0) is 37.8 Å². The van der Waals surface area contributed by atoms with Gasteiger partial charge >= 0.3 is 6.09 Å². The summed E-state index contributed by atoms with van der Waals surface area (Å²) < 4.78 is 10.1. The van der Waals surface area contributed by atoms with Crippen LogP contribution in [0, 0.1) is 23.9 Å². The van der Waals surface area contributed by atoms with Crippen LogP contribution in [0.25, 0.3) is 0 Å². The van der Waals surface area contributed by atoms with E-state index < -0.39 is 6.09 Å². The largest absolute Gasteiger partial charge is 0.449 e. The number of rotatable bonds is 5. The van der Waals surface area contributed by atoms with Crippen LogP contribution in [0.15, 0.2) is 18.2 Å². The Balaban J connectivity index is 1.91. The molecular formula is C15H18N2O3. The Bertz CT molecular complexity index is 545. The fourth-order valence-corrected chi connectivity index (χ4v) is 1.99. The van der Waals surface area contributed by atoms with Crippen LogP contribution in [0.3, 0.4) is 0 Å². The van der Waals surface area contributed by atoms with E-state index in [1.807, 2.05) is 6.92 Å². The van der Waals surface area contributed by atoms with Crippen molar-refractivity contribution in [1.82, 2.24) is 0 Å². The van der Waals surface area contributed by atoms with Crippen LogP contribution in [0.5, 0.6) is 5.75 Å². The molecule has 2 rings (SSSR count). The number of hydrogen-bond acceptors (Lipinski definition) is 4. The molecule has 0 aliphatic heterocycles. The molecule has 1 aromatic rings. The second-order valence-corrected chi connectivity index (χ2v) is 5.23. The summed E-state index contributed by atoms with van der Waals surface area (Å²) in [6.07, 6.45) is 4.43. The van der Waals surface area contributed by atoms with Gasteiger partial charge in [0.1, 0.15) is 5.75 Å². The Morgan fingerprint density at radius 2 is 2.25 bits per heavy atom. The van der Waals surface area contributed by atoms with E-state index in [4.69, 9.17) is 14.7 Å². The van der Waals surface area contributed by atoms with Crippen molar-refractivity contribution in [2.75, 3.05) is 11.9 Å². The molecule has 0 spiro atoms. The Morgan fingerprint density at radius 1 is 1.50 bits per heavy atom. The molecule has 0 atom stereocenters. The Morgan fingerprint density at radius 3 is 2.85 bits per heavy atom. The molecule has 1 amide bonds. The topological polar surface area (TPSA) is 71.3 Å². The highest BCUT2D eigenvalue weighted by molar-refractivity contribution is 5.85. The fourth-order valence-electron chi connectivity index (χ4n) is 1.99. The SMILES string of the molecule is CCC1(COC(=O)Nc2ccc(C)c(OC#N)c2)CC1. The van der Waals surface area contributed by atoms with Crippen LogP contribution in [0.4, 0.5) is 10.5 Å². The maximum absolute atomic E-state index is 11.7. The molecule has 0 radical (unpaired) electrons. The third kappa shape index (κ3) is 3.41. The predicted molar refractivity (Wildman–Crippen MR) is 74.3 cm³/mol. The van der Waals surface area contributed by atoms with Crippen LogP contribution in [-0.2, 0) is 4.74 Å². The molecule has 1 aromatic carbocycles. The van der Waals surface area contributed by atoms with Crippen molar-refractivity contribution in [2.45, 2.75) is 33.1 Å². The van der Waals surface area contributed by atoms with E-state index >= 15 is 0 Å². The number of carbonyl (C=O) groups excluding carboxylic acids is 1. The number of aryl methyl sites for hydroxylation is 1. The van der Waals surface area contributed by atoms with Crippen molar-refractivity contribution in [1.29, 1.82) is 5.26 Å². The van der Waals surface area contributed by atoms with Crippen molar-refractivity contribution in [3.05, 3.63) is 23.8 Å². The van der Waals surface area contributed by atoms with Gasteiger partial charge in [-0.25, -0.2) is 4.79 Å². The van der Waals surface area contributed by atoms with Crippen LogP contribution in [0.1, 0.15) is 31.7 Å². The molecule has 0 aromatic heterocycles. The summed E-state index contributed by atoms with van der Waals surface area (Å²) in [5, 5.41) is 11.2. The van der Waals surface area contributed by atoms with Crippen molar-refractivity contribution in [3.63, 3.8) is 0 Å². The quantitative estimate of drug-likeness (QED) is 0.833. The molecule has 0 unspecified atom stereocenters. The van der Waals surface area contributed by atoms with Crippen LogP contribution >= 0.6 is 0 Å². The zero-order valence-electron chi connectivity index (χ0n) is 11.7. The van der Waals surface area contributed by atoms with Gasteiger partial charge in [0.05, 0.1) is 6.61 Å². The number of hydrogen-bond donors (Lipinski definition) is 1. The smallest absolute Gasteiger partial charge is 0.411 e.